The van der Waals surface area contributed by atoms with Crippen molar-refractivity contribution in [2.24, 2.45) is 10.4 Å². The van der Waals surface area contributed by atoms with Crippen LogP contribution in [0.1, 0.15) is 39.2 Å². The highest BCUT2D eigenvalue weighted by molar-refractivity contribution is 5.97. The highest BCUT2D eigenvalue weighted by atomic mass is 16.2. The zero-order chi connectivity index (χ0) is 17.9. The first kappa shape index (κ1) is 17.8. The first-order valence-electron chi connectivity index (χ1n) is 9.42. The predicted octanol–water partition coefficient (Wildman–Crippen LogP) is 2.66. The molecule has 1 amide bonds. The predicted molar refractivity (Wildman–Crippen MR) is 103 cm³/mol. The number of hydrogen-bond acceptors (Lipinski definition) is 2. The molecule has 0 aromatic heterocycles. The minimum Gasteiger partial charge on any atom is -0.357 e. The molecule has 0 aliphatic carbocycles. The second kappa shape index (κ2) is 7.46. The number of aryl methyl sites for hydroxylation is 1. The van der Waals surface area contributed by atoms with Crippen molar-refractivity contribution < 1.29 is 4.79 Å². The first-order chi connectivity index (χ1) is 12.0. The lowest BCUT2D eigenvalue weighted by Gasteiger charge is -2.29. The number of fused-ring (bicyclic) bond motifs is 1. The number of para-hydroxylation sites is 1. The number of nitrogens with one attached hydrogen (secondary N) is 1. The molecule has 1 saturated heterocycles. The minimum atomic E-state index is 0.0843. The molecule has 0 unspecified atom stereocenters. The molecule has 2 heterocycles. The van der Waals surface area contributed by atoms with Gasteiger partial charge in [0.15, 0.2) is 5.96 Å². The molecule has 3 rings (SSSR count). The number of guanidine groups is 1. The summed E-state index contributed by atoms with van der Waals surface area (Å²) >= 11 is 0. The smallest absolute Gasteiger partial charge is 0.248 e. The summed E-state index contributed by atoms with van der Waals surface area (Å²) in [5, 5.41) is 3.34. The highest BCUT2D eigenvalue weighted by Gasteiger charge is 2.31. The maximum absolute atomic E-state index is 12.8. The van der Waals surface area contributed by atoms with E-state index in [1.54, 1.807) is 0 Å². The van der Waals surface area contributed by atoms with Crippen molar-refractivity contribution in [3.05, 3.63) is 29.8 Å². The lowest BCUT2D eigenvalue weighted by Crippen LogP contribution is -2.42. The SMILES string of the molecule is CCNC(=NCC(=O)N1CCCc2ccccc21)N1CCC(C)(C)C1. The number of aliphatic imine (C=N–C) groups is 1. The standard InChI is InChI=1S/C20H30N4O/c1-4-21-19(23-13-11-20(2,3)15-23)22-14-18(25)24-12-7-9-16-8-5-6-10-17(16)24/h5-6,8,10H,4,7,9,11-15H2,1-3H3,(H,21,22). The van der Waals surface area contributed by atoms with E-state index in [4.69, 9.17) is 0 Å². The van der Waals surface area contributed by atoms with Gasteiger partial charge in [-0.05, 0) is 43.2 Å². The summed E-state index contributed by atoms with van der Waals surface area (Å²) in [5.41, 5.74) is 2.63. The van der Waals surface area contributed by atoms with Gasteiger partial charge in [-0.25, -0.2) is 4.99 Å². The van der Waals surface area contributed by atoms with E-state index < -0.39 is 0 Å². The van der Waals surface area contributed by atoms with Gasteiger partial charge < -0.3 is 15.1 Å². The average Bonchev–Trinajstić information content (AvgIpc) is 2.97. The van der Waals surface area contributed by atoms with Crippen LogP contribution < -0.4 is 10.2 Å². The Hall–Kier alpha value is -2.04. The number of likely N-dealkylation sites (tertiary alicyclic amines) is 1. The van der Waals surface area contributed by atoms with E-state index >= 15 is 0 Å². The fraction of sp³-hybridized carbons (Fsp3) is 0.600. The van der Waals surface area contributed by atoms with Crippen LogP contribution >= 0.6 is 0 Å². The van der Waals surface area contributed by atoms with Crippen LogP contribution in [0.5, 0.6) is 0 Å². The number of amides is 1. The van der Waals surface area contributed by atoms with Gasteiger partial charge in [-0.2, -0.15) is 0 Å². The topological polar surface area (TPSA) is 47.9 Å². The van der Waals surface area contributed by atoms with E-state index in [0.717, 1.165) is 57.1 Å². The Bertz CT molecular complexity index is 653. The Kier molecular flexibility index (Phi) is 5.30. The first-order valence-corrected chi connectivity index (χ1v) is 9.42. The normalized spacial score (nSPS) is 19.7. The molecule has 2 aliphatic heterocycles. The van der Waals surface area contributed by atoms with Crippen LogP contribution in [0.3, 0.4) is 0 Å². The maximum Gasteiger partial charge on any atom is 0.248 e. The monoisotopic (exact) mass is 342 g/mol. The summed E-state index contributed by atoms with van der Waals surface area (Å²) in [6.07, 6.45) is 3.23. The zero-order valence-electron chi connectivity index (χ0n) is 15.7. The quantitative estimate of drug-likeness (QED) is 0.679. The molecule has 0 atom stereocenters. The molecule has 1 N–H and O–H groups in total. The molecular weight excluding hydrogens is 312 g/mol. The third-order valence-corrected chi connectivity index (χ3v) is 5.09. The van der Waals surface area contributed by atoms with Gasteiger partial charge in [-0.1, -0.05) is 32.0 Å². The van der Waals surface area contributed by atoms with Gasteiger partial charge in [-0.15, -0.1) is 0 Å². The van der Waals surface area contributed by atoms with Crippen LogP contribution in [0.25, 0.3) is 0 Å². The Morgan fingerprint density at radius 3 is 2.80 bits per heavy atom. The van der Waals surface area contributed by atoms with Crippen molar-refractivity contribution in [1.29, 1.82) is 0 Å². The van der Waals surface area contributed by atoms with Crippen LogP contribution in [-0.2, 0) is 11.2 Å². The van der Waals surface area contributed by atoms with E-state index in [2.05, 4.69) is 42.0 Å². The van der Waals surface area contributed by atoms with Gasteiger partial charge in [-0.3, -0.25) is 4.79 Å². The molecule has 0 spiro atoms. The van der Waals surface area contributed by atoms with E-state index in [0.29, 0.717) is 5.41 Å². The number of benzene rings is 1. The van der Waals surface area contributed by atoms with E-state index in [-0.39, 0.29) is 12.5 Å². The molecule has 5 heteroatoms. The van der Waals surface area contributed by atoms with Crippen molar-refractivity contribution in [3.8, 4) is 0 Å². The molecular formula is C20H30N4O. The lowest BCUT2D eigenvalue weighted by atomic mass is 9.93. The summed E-state index contributed by atoms with van der Waals surface area (Å²) in [4.78, 5) is 21.6. The lowest BCUT2D eigenvalue weighted by molar-refractivity contribution is -0.117. The Morgan fingerprint density at radius 2 is 2.08 bits per heavy atom. The summed E-state index contributed by atoms with van der Waals surface area (Å²) < 4.78 is 0. The van der Waals surface area contributed by atoms with Gasteiger partial charge in [0.25, 0.3) is 0 Å². The summed E-state index contributed by atoms with van der Waals surface area (Å²) in [6.45, 7) is 10.4. The molecule has 0 radical (unpaired) electrons. The zero-order valence-corrected chi connectivity index (χ0v) is 15.7. The van der Waals surface area contributed by atoms with E-state index in [1.807, 2.05) is 23.1 Å². The minimum absolute atomic E-state index is 0.0843. The van der Waals surface area contributed by atoms with Gasteiger partial charge in [0.2, 0.25) is 5.91 Å². The van der Waals surface area contributed by atoms with Crippen molar-refractivity contribution in [1.82, 2.24) is 10.2 Å². The van der Waals surface area contributed by atoms with Gasteiger partial charge in [0.05, 0.1) is 0 Å². The molecule has 1 aromatic carbocycles. The van der Waals surface area contributed by atoms with Crippen molar-refractivity contribution in [2.75, 3.05) is 37.6 Å². The second-order valence-corrected chi connectivity index (χ2v) is 7.78. The Morgan fingerprint density at radius 1 is 1.28 bits per heavy atom. The van der Waals surface area contributed by atoms with E-state index in [9.17, 15) is 4.79 Å². The second-order valence-electron chi connectivity index (χ2n) is 7.78. The Balaban J connectivity index is 1.70. The summed E-state index contributed by atoms with van der Waals surface area (Å²) in [7, 11) is 0. The Labute approximate surface area is 151 Å². The summed E-state index contributed by atoms with van der Waals surface area (Å²) in [5.74, 6) is 0.952. The average molecular weight is 342 g/mol. The molecule has 0 bridgehead atoms. The molecule has 0 saturated carbocycles. The molecule has 1 fully saturated rings. The maximum atomic E-state index is 12.8. The number of rotatable bonds is 3. The number of carbonyl (C=O) groups is 1. The molecule has 1 aromatic rings. The van der Waals surface area contributed by atoms with Crippen molar-refractivity contribution in [3.63, 3.8) is 0 Å². The fourth-order valence-corrected chi connectivity index (χ4v) is 3.74. The van der Waals surface area contributed by atoms with Crippen molar-refractivity contribution in [2.45, 2.75) is 40.0 Å². The highest BCUT2D eigenvalue weighted by Crippen LogP contribution is 2.29. The fourth-order valence-electron chi connectivity index (χ4n) is 3.74. The van der Waals surface area contributed by atoms with Crippen LogP contribution in [0, 0.1) is 5.41 Å². The molecule has 2 aliphatic rings. The number of hydrogen-bond donors (Lipinski definition) is 1. The number of nitrogens with zero attached hydrogens (tertiary/aromatic N) is 3. The van der Waals surface area contributed by atoms with Crippen LogP contribution in [0.2, 0.25) is 0 Å². The molecule has 136 valence electrons. The summed E-state index contributed by atoms with van der Waals surface area (Å²) in [6, 6.07) is 8.21. The van der Waals surface area contributed by atoms with Crippen LogP contribution in [-0.4, -0.2) is 49.5 Å². The van der Waals surface area contributed by atoms with E-state index in [1.165, 1.54) is 5.56 Å². The van der Waals surface area contributed by atoms with Gasteiger partial charge in [0.1, 0.15) is 6.54 Å². The van der Waals surface area contributed by atoms with Gasteiger partial charge >= 0.3 is 0 Å². The molecule has 5 nitrogen and oxygen atoms in total. The van der Waals surface area contributed by atoms with Crippen LogP contribution in [0.15, 0.2) is 29.3 Å². The number of carbonyl (C=O) groups excluding carboxylic acids is 1. The third-order valence-electron chi connectivity index (χ3n) is 5.09. The van der Waals surface area contributed by atoms with Crippen LogP contribution in [0.4, 0.5) is 5.69 Å². The third kappa shape index (κ3) is 4.14. The number of anilines is 1. The molecule has 25 heavy (non-hydrogen) atoms. The largest absolute Gasteiger partial charge is 0.357 e. The van der Waals surface area contributed by atoms with Gasteiger partial charge in [0, 0.05) is 31.9 Å². The van der Waals surface area contributed by atoms with Crippen molar-refractivity contribution >= 4 is 17.6 Å².